The molecule has 0 aliphatic heterocycles. The van der Waals surface area contributed by atoms with Gasteiger partial charge in [0.2, 0.25) is 0 Å². The molecule has 6 heteroatoms. The Hall–Kier alpha value is -0.740. The van der Waals surface area contributed by atoms with Crippen LogP contribution in [0.5, 0.6) is 5.75 Å². The van der Waals surface area contributed by atoms with Gasteiger partial charge in [-0.2, -0.15) is 0 Å². The quantitative estimate of drug-likeness (QED) is 0.573. The lowest BCUT2D eigenvalue weighted by Gasteiger charge is -2.09. The van der Waals surface area contributed by atoms with Gasteiger partial charge < -0.3 is 14.9 Å². The van der Waals surface area contributed by atoms with Crippen LogP contribution in [0.1, 0.15) is 13.3 Å². The van der Waals surface area contributed by atoms with Crippen LogP contribution in [0.25, 0.3) is 0 Å². The maximum atomic E-state index is 11.2. The van der Waals surface area contributed by atoms with Gasteiger partial charge in [0.25, 0.3) is 0 Å². The topological polar surface area (TPSA) is 77.8 Å². The first-order valence-electron chi connectivity index (χ1n) is 4.67. The number of para-hydroxylation sites is 1. The molecule has 0 aliphatic rings. The second-order valence-corrected chi connectivity index (χ2v) is 6.02. The van der Waals surface area contributed by atoms with Crippen LogP contribution in [-0.4, -0.2) is 14.9 Å². The van der Waals surface area contributed by atoms with E-state index in [9.17, 15) is 9.67 Å². The first-order valence-corrected chi connectivity index (χ1v) is 7.10. The summed E-state index contributed by atoms with van der Waals surface area (Å²) in [5.74, 6) is 0.0166. The number of allylic oxidation sites excluding steroid dienone is 1. The first kappa shape index (κ1) is 13.3. The predicted molar refractivity (Wildman–Crippen MR) is 64.4 cm³/mol. The van der Waals surface area contributed by atoms with Crippen molar-refractivity contribution in [3.63, 3.8) is 0 Å². The predicted octanol–water partition coefficient (Wildman–Crippen LogP) is 2.91. The van der Waals surface area contributed by atoms with Crippen molar-refractivity contribution in [2.75, 3.05) is 0 Å². The summed E-state index contributed by atoms with van der Waals surface area (Å²) >= 11 is 0.895. The number of thioether (sulfide) groups is 1. The van der Waals surface area contributed by atoms with Crippen molar-refractivity contribution in [1.29, 1.82) is 0 Å². The third-order valence-corrected chi connectivity index (χ3v) is 4.43. The molecule has 1 rings (SSSR count). The molecule has 0 aromatic heterocycles. The maximum Gasteiger partial charge on any atom is 0.362 e. The van der Waals surface area contributed by atoms with Crippen molar-refractivity contribution < 1.29 is 19.5 Å². The SMILES string of the molecule is CC/C=C(\Sc1ccccc1O)P(=O)(O)O. The van der Waals surface area contributed by atoms with Gasteiger partial charge in [0, 0.05) is 0 Å². The fraction of sp³-hybridized carbons (Fsp3) is 0.200. The molecule has 4 nitrogen and oxygen atoms in total. The average molecular weight is 260 g/mol. The van der Waals surface area contributed by atoms with E-state index in [2.05, 4.69) is 0 Å². The van der Waals surface area contributed by atoms with Crippen molar-refractivity contribution in [2.24, 2.45) is 0 Å². The third-order valence-electron chi connectivity index (χ3n) is 1.75. The molecule has 88 valence electrons. The maximum absolute atomic E-state index is 11.2. The molecule has 16 heavy (non-hydrogen) atoms. The molecule has 3 N–H and O–H groups in total. The number of phenolic OH excluding ortho intramolecular Hbond substituents is 1. The van der Waals surface area contributed by atoms with Crippen molar-refractivity contribution in [3.05, 3.63) is 35.0 Å². The Balaban J connectivity index is 2.99. The zero-order valence-corrected chi connectivity index (χ0v) is 10.4. The fourth-order valence-electron chi connectivity index (χ4n) is 1.05. The van der Waals surface area contributed by atoms with Crippen LogP contribution in [0.3, 0.4) is 0 Å². The smallest absolute Gasteiger partial charge is 0.362 e. The molecule has 0 saturated heterocycles. The number of phenols is 1. The summed E-state index contributed by atoms with van der Waals surface area (Å²) in [6.45, 7) is 1.79. The molecule has 0 aliphatic carbocycles. The highest BCUT2D eigenvalue weighted by Crippen LogP contribution is 2.54. The molecule has 0 bridgehead atoms. The van der Waals surface area contributed by atoms with Gasteiger partial charge in [-0.05, 0) is 18.6 Å². The number of hydrogen-bond acceptors (Lipinski definition) is 3. The number of aromatic hydroxyl groups is 1. The second kappa shape index (κ2) is 5.55. The zero-order valence-electron chi connectivity index (χ0n) is 8.70. The van der Waals surface area contributed by atoms with Crippen LogP contribution in [0.15, 0.2) is 39.9 Å². The minimum atomic E-state index is -4.26. The monoisotopic (exact) mass is 260 g/mol. The van der Waals surface area contributed by atoms with E-state index in [0.717, 1.165) is 11.8 Å². The van der Waals surface area contributed by atoms with E-state index in [1.165, 1.54) is 12.1 Å². The summed E-state index contributed by atoms with van der Waals surface area (Å²) in [6, 6.07) is 6.44. The molecule has 0 amide bonds. The Labute approximate surface area is 98.2 Å². The summed E-state index contributed by atoms with van der Waals surface area (Å²) < 4.78 is 11.1. The Morgan fingerprint density at radius 2 is 2.06 bits per heavy atom. The van der Waals surface area contributed by atoms with Crippen LogP contribution in [0.2, 0.25) is 0 Å². The highest BCUT2D eigenvalue weighted by atomic mass is 32.2. The molecule has 0 atom stereocenters. The van der Waals surface area contributed by atoms with Crippen LogP contribution in [0.4, 0.5) is 0 Å². The molecule has 1 aromatic carbocycles. The fourth-order valence-corrected chi connectivity index (χ4v) is 3.04. The van der Waals surface area contributed by atoms with Gasteiger partial charge in [0.05, 0.1) is 9.54 Å². The molecule has 0 unspecified atom stereocenters. The summed E-state index contributed by atoms with van der Waals surface area (Å²) in [7, 11) is -4.26. The van der Waals surface area contributed by atoms with E-state index < -0.39 is 7.60 Å². The van der Waals surface area contributed by atoms with Crippen LogP contribution < -0.4 is 0 Å². The van der Waals surface area contributed by atoms with E-state index >= 15 is 0 Å². The molecular weight excluding hydrogens is 247 g/mol. The average Bonchev–Trinajstić information content (AvgIpc) is 2.19. The highest BCUT2D eigenvalue weighted by Gasteiger charge is 2.22. The summed E-state index contributed by atoms with van der Waals surface area (Å²) in [6.07, 6.45) is 2.00. The van der Waals surface area contributed by atoms with Crippen LogP contribution >= 0.6 is 19.4 Å². The second-order valence-electron chi connectivity index (χ2n) is 3.06. The van der Waals surface area contributed by atoms with E-state index in [0.29, 0.717) is 11.3 Å². The van der Waals surface area contributed by atoms with E-state index in [1.807, 2.05) is 0 Å². The molecule has 0 spiro atoms. The summed E-state index contributed by atoms with van der Waals surface area (Å²) in [5, 5.41) is 9.49. The Kier molecular flexibility index (Phi) is 4.62. The largest absolute Gasteiger partial charge is 0.507 e. The van der Waals surface area contributed by atoms with Crippen molar-refractivity contribution in [3.8, 4) is 5.75 Å². The molecule has 0 fully saturated rings. The van der Waals surface area contributed by atoms with Crippen LogP contribution in [0, 0.1) is 0 Å². The molecule has 0 saturated carbocycles. The summed E-state index contributed by atoms with van der Waals surface area (Å²) in [5.41, 5.74) is 0. The lowest BCUT2D eigenvalue weighted by molar-refractivity contribution is 0.385. The minimum absolute atomic E-state index is 0.0166. The van der Waals surface area contributed by atoms with Gasteiger partial charge in [-0.1, -0.05) is 36.9 Å². The first-order chi connectivity index (χ1) is 7.45. The number of rotatable bonds is 4. The zero-order chi connectivity index (χ0) is 12.2. The molecule has 0 radical (unpaired) electrons. The van der Waals surface area contributed by atoms with E-state index in [1.54, 1.807) is 25.1 Å². The minimum Gasteiger partial charge on any atom is -0.507 e. The van der Waals surface area contributed by atoms with Crippen molar-refractivity contribution >= 4 is 19.4 Å². The van der Waals surface area contributed by atoms with Crippen molar-refractivity contribution in [1.82, 2.24) is 0 Å². The number of hydrogen-bond donors (Lipinski definition) is 3. The van der Waals surface area contributed by atoms with Gasteiger partial charge in [0.15, 0.2) is 0 Å². The van der Waals surface area contributed by atoms with Crippen LogP contribution in [-0.2, 0) is 4.57 Å². The van der Waals surface area contributed by atoms with Gasteiger partial charge in [0.1, 0.15) is 5.75 Å². The van der Waals surface area contributed by atoms with Gasteiger partial charge in [-0.15, -0.1) is 0 Å². The van der Waals surface area contributed by atoms with Crippen molar-refractivity contribution in [2.45, 2.75) is 18.2 Å². The molecule has 0 heterocycles. The Morgan fingerprint density at radius 1 is 1.44 bits per heavy atom. The van der Waals surface area contributed by atoms with Gasteiger partial charge >= 0.3 is 7.60 Å². The standard InChI is InChI=1S/C10H13O4PS/c1-2-5-10(15(12,13)14)16-9-7-4-3-6-8(9)11/h3-7,11H,2H2,1H3,(H2,12,13,14)/b10-5-. The van der Waals surface area contributed by atoms with Gasteiger partial charge in [-0.3, -0.25) is 4.57 Å². The number of benzene rings is 1. The van der Waals surface area contributed by atoms with Gasteiger partial charge in [-0.25, -0.2) is 0 Å². The Morgan fingerprint density at radius 3 is 2.56 bits per heavy atom. The molecular formula is C10H13O4PS. The van der Waals surface area contributed by atoms with E-state index in [-0.39, 0.29) is 10.4 Å². The lowest BCUT2D eigenvalue weighted by Crippen LogP contribution is -1.82. The van der Waals surface area contributed by atoms with E-state index in [4.69, 9.17) is 9.79 Å². The summed E-state index contributed by atoms with van der Waals surface area (Å²) in [4.78, 5) is 18.6. The third kappa shape index (κ3) is 3.68. The lowest BCUT2D eigenvalue weighted by atomic mass is 10.3. The highest BCUT2D eigenvalue weighted by molar-refractivity contribution is 8.09. The molecule has 1 aromatic rings. The Bertz CT molecular complexity index is 438. The normalized spacial score (nSPS) is 12.8.